The Morgan fingerprint density at radius 1 is 1.80 bits per heavy atom. The Morgan fingerprint density at radius 2 is 2.30 bits per heavy atom. The maximum absolute atomic E-state index is 9.80. The Labute approximate surface area is 60.0 Å². The summed E-state index contributed by atoms with van der Waals surface area (Å²) >= 11 is 0. The van der Waals surface area contributed by atoms with E-state index in [1.807, 2.05) is 6.07 Å². The first-order chi connectivity index (χ1) is 4.16. The second-order valence-electron chi connectivity index (χ2n) is 1.94. The lowest BCUT2D eigenvalue weighted by Crippen LogP contribution is -2.22. The number of hydrogen-bond acceptors (Lipinski definition) is 3. The molecule has 0 fully saturated rings. The summed E-state index contributed by atoms with van der Waals surface area (Å²) in [4.78, 5) is 9.80. The monoisotopic (exact) mass is 144 g/mol. The molecule has 10 heavy (non-hydrogen) atoms. The van der Waals surface area contributed by atoms with Gasteiger partial charge in [-0.3, -0.25) is 0 Å². The van der Waals surface area contributed by atoms with Crippen LogP contribution in [0.2, 0.25) is 0 Å². The molecule has 58 valence electrons. The third kappa shape index (κ3) is 6.92. The minimum atomic E-state index is -1.09. The highest BCUT2D eigenvalue weighted by molar-refractivity contribution is 5.64. The molecule has 1 atom stereocenters. The molecule has 0 amide bonds. The van der Waals surface area contributed by atoms with Crippen molar-refractivity contribution in [3.8, 4) is 6.07 Å². The number of quaternary nitrogens is 1. The molecule has 4 heteroatoms. The first-order valence-electron chi connectivity index (χ1n) is 2.76. The molecule has 0 aromatic heterocycles. The van der Waals surface area contributed by atoms with E-state index in [4.69, 9.17) is 5.26 Å². The fourth-order valence-electron chi connectivity index (χ4n) is 0.399. The van der Waals surface area contributed by atoms with Gasteiger partial charge in [-0.2, -0.15) is 5.26 Å². The zero-order chi connectivity index (χ0) is 7.28. The van der Waals surface area contributed by atoms with Crippen molar-refractivity contribution in [2.45, 2.75) is 19.8 Å². The first-order valence-corrected chi connectivity index (χ1v) is 2.76. The smallest absolute Gasteiger partial charge is 0.0652 e. The van der Waals surface area contributed by atoms with Crippen LogP contribution in [0, 0.1) is 17.2 Å². The van der Waals surface area contributed by atoms with E-state index >= 15 is 0 Å². The number of carboxylic acids is 1. The van der Waals surface area contributed by atoms with Gasteiger partial charge >= 0.3 is 0 Å². The van der Waals surface area contributed by atoms with Gasteiger partial charge in [0.25, 0.3) is 0 Å². The topological polar surface area (TPSA) is 100 Å². The number of carbonyl (C=O) groups excluding carboxylic acids is 1. The SMILES string of the molecule is CC(C#N)CCC(=O)[O-].[NH4+]. The Balaban J connectivity index is 0. The van der Waals surface area contributed by atoms with E-state index in [1.165, 1.54) is 0 Å². The maximum atomic E-state index is 9.80. The molecule has 0 radical (unpaired) electrons. The van der Waals surface area contributed by atoms with Crippen LogP contribution >= 0.6 is 0 Å². The number of carbonyl (C=O) groups is 1. The van der Waals surface area contributed by atoms with Gasteiger partial charge in [0.15, 0.2) is 0 Å². The molecule has 0 aliphatic carbocycles. The van der Waals surface area contributed by atoms with E-state index in [1.54, 1.807) is 6.92 Å². The van der Waals surface area contributed by atoms with Crippen LogP contribution in [0.4, 0.5) is 0 Å². The minimum Gasteiger partial charge on any atom is -0.550 e. The predicted octanol–water partition coefficient (Wildman–Crippen LogP) is 0.0524. The average molecular weight is 144 g/mol. The molecule has 0 aliphatic heterocycles. The summed E-state index contributed by atoms with van der Waals surface area (Å²) in [6.07, 6.45) is 0.369. The fourth-order valence-corrected chi connectivity index (χ4v) is 0.399. The molecule has 1 unspecified atom stereocenters. The van der Waals surface area contributed by atoms with E-state index in [-0.39, 0.29) is 18.5 Å². The van der Waals surface area contributed by atoms with Crippen LogP contribution in [0.1, 0.15) is 19.8 Å². The zero-order valence-electron chi connectivity index (χ0n) is 6.26. The van der Waals surface area contributed by atoms with Gasteiger partial charge in [-0.05, 0) is 19.8 Å². The number of hydrogen-bond donors (Lipinski definition) is 1. The summed E-state index contributed by atoms with van der Waals surface area (Å²) in [5.74, 6) is -1.26. The van der Waals surface area contributed by atoms with E-state index in [0.29, 0.717) is 6.42 Å². The highest BCUT2D eigenvalue weighted by atomic mass is 16.4. The van der Waals surface area contributed by atoms with Crippen LogP contribution in [0.5, 0.6) is 0 Å². The second-order valence-corrected chi connectivity index (χ2v) is 1.94. The van der Waals surface area contributed by atoms with Gasteiger partial charge in [-0.1, -0.05) is 0 Å². The molecular formula is C6H12N2O2. The molecule has 0 spiro atoms. The standard InChI is InChI=1S/C6H9NO2.H3N/c1-5(4-7)2-3-6(8)9;/h5H,2-3H2,1H3,(H,8,9);1H3. The third-order valence-corrected chi connectivity index (χ3v) is 1.00. The molecular weight excluding hydrogens is 132 g/mol. The van der Waals surface area contributed by atoms with Crippen LogP contribution in [0.3, 0.4) is 0 Å². The van der Waals surface area contributed by atoms with Gasteiger partial charge in [0.2, 0.25) is 0 Å². The fraction of sp³-hybridized carbons (Fsp3) is 0.667. The van der Waals surface area contributed by atoms with Gasteiger partial charge in [0.05, 0.1) is 6.07 Å². The Kier molecular flexibility index (Phi) is 7.06. The Morgan fingerprint density at radius 3 is 2.60 bits per heavy atom. The number of aliphatic carboxylic acids is 1. The van der Waals surface area contributed by atoms with Crippen LogP contribution in [0.25, 0.3) is 0 Å². The summed E-state index contributed by atoms with van der Waals surface area (Å²) in [5, 5.41) is 18.0. The van der Waals surface area contributed by atoms with Crippen molar-refractivity contribution in [1.29, 1.82) is 5.26 Å². The second kappa shape index (κ2) is 6.05. The minimum absolute atomic E-state index is 0. The molecule has 0 rings (SSSR count). The molecule has 0 saturated carbocycles. The van der Waals surface area contributed by atoms with Crippen molar-refractivity contribution in [3.05, 3.63) is 0 Å². The van der Waals surface area contributed by atoms with E-state index in [9.17, 15) is 9.90 Å². The summed E-state index contributed by atoms with van der Waals surface area (Å²) in [6, 6.07) is 1.93. The lowest BCUT2D eigenvalue weighted by molar-refractivity contribution is -0.305. The van der Waals surface area contributed by atoms with E-state index in [2.05, 4.69) is 0 Å². The van der Waals surface area contributed by atoms with Gasteiger partial charge < -0.3 is 16.1 Å². The Hall–Kier alpha value is -1.08. The summed E-state index contributed by atoms with van der Waals surface area (Å²) < 4.78 is 0. The molecule has 4 nitrogen and oxygen atoms in total. The summed E-state index contributed by atoms with van der Waals surface area (Å²) in [5.41, 5.74) is 0. The van der Waals surface area contributed by atoms with Crippen LogP contribution in [-0.2, 0) is 4.79 Å². The number of nitrogens with zero attached hydrogens (tertiary/aromatic N) is 1. The number of carboxylic acid groups (broad SMARTS) is 1. The number of nitriles is 1. The van der Waals surface area contributed by atoms with E-state index in [0.717, 1.165) is 0 Å². The van der Waals surface area contributed by atoms with Crippen molar-refractivity contribution < 1.29 is 9.90 Å². The van der Waals surface area contributed by atoms with Gasteiger partial charge in [-0.25, -0.2) is 0 Å². The molecule has 0 aromatic rings. The first kappa shape index (κ1) is 11.7. The van der Waals surface area contributed by atoms with Crippen molar-refractivity contribution in [3.63, 3.8) is 0 Å². The van der Waals surface area contributed by atoms with Gasteiger partial charge in [-0.15, -0.1) is 0 Å². The predicted molar refractivity (Wildman–Crippen MR) is 35.0 cm³/mol. The van der Waals surface area contributed by atoms with Crippen molar-refractivity contribution >= 4 is 5.97 Å². The molecule has 4 N–H and O–H groups in total. The third-order valence-electron chi connectivity index (χ3n) is 1.00. The maximum Gasteiger partial charge on any atom is 0.0652 e. The molecule has 0 aliphatic rings. The molecule has 0 heterocycles. The Bertz CT molecular complexity index is 139. The average Bonchev–Trinajstić information content (AvgIpc) is 1.83. The van der Waals surface area contributed by atoms with Gasteiger partial charge in [0.1, 0.15) is 0 Å². The molecule has 0 bridgehead atoms. The molecule has 0 saturated heterocycles. The molecule has 0 aromatic carbocycles. The zero-order valence-corrected chi connectivity index (χ0v) is 6.26. The van der Waals surface area contributed by atoms with Crippen LogP contribution < -0.4 is 11.3 Å². The quantitative estimate of drug-likeness (QED) is 0.605. The summed E-state index contributed by atoms with van der Waals surface area (Å²) in [7, 11) is 0. The van der Waals surface area contributed by atoms with Crippen molar-refractivity contribution in [1.82, 2.24) is 6.15 Å². The highest BCUT2D eigenvalue weighted by Crippen LogP contribution is 2.01. The normalized spacial score (nSPS) is 10.8. The lowest BCUT2D eigenvalue weighted by atomic mass is 10.1. The highest BCUT2D eigenvalue weighted by Gasteiger charge is 1.97. The van der Waals surface area contributed by atoms with Crippen LogP contribution in [-0.4, -0.2) is 5.97 Å². The summed E-state index contributed by atoms with van der Waals surface area (Å²) in [6.45, 7) is 1.68. The lowest BCUT2D eigenvalue weighted by Gasteiger charge is -2.01. The van der Waals surface area contributed by atoms with Crippen molar-refractivity contribution in [2.75, 3.05) is 0 Å². The van der Waals surface area contributed by atoms with Crippen LogP contribution in [0.15, 0.2) is 0 Å². The largest absolute Gasteiger partial charge is 0.550 e. The number of rotatable bonds is 3. The van der Waals surface area contributed by atoms with E-state index < -0.39 is 5.97 Å². The van der Waals surface area contributed by atoms with Gasteiger partial charge in [0, 0.05) is 11.9 Å². The van der Waals surface area contributed by atoms with Crippen molar-refractivity contribution in [2.24, 2.45) is 5.92 Å².